The first-order chi connectivity index (χ1) is 23.8. The maximum atomic E-state index is 7.00. The van der Waals surface area contributed by atoms with Crippen LogP contribution in [0.5, 0.6) is 17.2 Å². The number of hydrogen-bond acceptors (Lipinski definition) is 3. The molecule has 0 aliphatic rings. The van der Waals surface area contributed by atoms with Gasteiger partial charge in [-0.25, -0.2) is 0 Å². The summed E-state index contributed by atoms with van der Waals surface area (Å²) in [6.07, 6.45) is 0. The van der Waals surface area contributed by atoms with E-state index >= 15 is 0 Å². The molecule has 7 heteroatoms. The van der Waals surface area contributed by atoms with E-state index in [1.807, 2.05) is 0 Å². The second kappa shape index (κ2) is 16.0. The molecule has 248 valence electrons. The Kier molecular flexibility index (Phi) is 11.3. The van der Waals surface area contributed by atoms with Crippen molar-refractivity contribution in [3.05, 3.63) is 161 Å². The van der Waals surface area contributed by atoms with Gasteiger partial charge in [0.15, 0.2) is 0 Å². The van der Waals surface area contributed by atoms with E-state index in [4.69, 9.17) is 13.6 Å². The molecular formula is C42H45O3PSi3. The Labute approximate surface area is 300 Å². The first kappa shape index (κ1) is 34.7. The smallest absolute Gasteiger partial charge is 0.409 e. The summed E-state index contributed by atoms with van der Waals surface area (Å²) in [5.74, 6) is 2.59. The van der Waals surface area contributed by atoms with Crippen LogP contribution in [0.4, 0.5) is 0 Å². The summed E-state index contributed by atoms with van der Waals surface area (Å²) in [5, 5.41) is 8.02. The van der Waals surface area contributed by atoms with Crippen LogP contribution in [0.1, 0.15) is 33.4 Å². The first-order valence-electron chi connectivity index (χ1n) is 17.0. The third-order valence-corrected chi connectivity index (χ3v) is 17.0. The average Bonchev–Trinajstić information content (AvgIpc) is 3.12. The summed E-state index contributed by atoms with van der Waals surface area (Å²) >= 11 is 0. The molecule has 0 N–H and O–H groups in total. The summed E-state index contributed by atoms with van der Waals surface area (Å²) < 4.78 is 21.0. The van der Waals surface area contributed by atoms with E-state index < -0.39 is 37.2 Å². The van der Waals surface area contributed by atoms with Crippen LogP contribution >= 0.6 is 8.60 Å². The molecule has 0 spiro atoms. The van der Waals surface area contributed by atoms with Crippen LogP contribution in [0.25, 0.3) is 0 Å². The van der Waals surface area contributed by atoms with Crippen LogP contribution in [0.3, 0.4) is 0 Å². The molecule has 6 aromatic rings. The van der Waals surface area contributed by atoms with Crippen molar-refractivity contribution in [2.45, 2.75) is 41.5 Å². The summed E-state index contributed by atoms with van der Waals surface area (Å²) in [7, 11) is -4.34. The molecule has 0 amide bonds. The second-order valence-electron chi connectivity index (χ2n) is 12.9. The Bertz CT molecular complexity index is 1800. The third-order valence-electron chi connectivity index (χ3n) is 9.67. The molecule has 0 aromatic heterocycles. The number of aryl methyl sites for hydroxylation is 3. The lowest BCUT2D eigenvalue weighted by Crippen LogP contribution is -2.33. The molecule has 0 fully saturated rings. The van der Waals surface area contributed by atoms with Gasteiger partial charge in [0.25, 0.3) is 0 Å². The van der Waals surface area contributed by atoms with Crippen molar-refractivity contribution in [1.82, 2.24) is 0 Å². The van der Waals surface area contributed by atoms with Gasteiger partial charge in [0.05, 0.1) is 28.6 Å². The van der Waals surface area contributed by atoms with Gasteiger partial charge < -0.3 is 13.6 Å². The molecule has 0 atom stereocenters. The minimum atomic E-state index is -1.86. The fourth-order valence-electron chi connectivity index (χ4n) is 6.16. The van der Waals surface area contributed by atoms with Crippen LogP contribution in [0.15, 0.2) is 127 Å². The highest BCUT2D eigenvalue weighted by Gasteiger charge is 2.26. The molecule has 3 nitrogen and oxygen atoms in total. The lowest BCUT2D eigenvalue weighted by molar-refractivity contribution is 0.391. The Morgan fingerprint density at radius 1 is 0.347 bits per heavy atom. The van der Waals surface area contributed by atoms with Gasteiger partial charge in [0.1, 0.15) is 17.2 Å². The molecular weight excluding hydrogens is 668 g/mol. The summed E-state index contributed by atoms with van der Waals surface area (Å²) in [6, 6.07) is 45.3. The van der Waals surface area contributed by atoms with Crippen molar-refractivity contribution in [3.8, 4) is 17.2 Å². The molecule has 0 saturated heterocycles. The van der Waals surface area contributed by atoms with Gasteiger partial charge >= 0.3 is 8.60 Å². The molecule has 6 aromatic carbocycles. The highest BCUT2D eigenvalue weighted by atomic mass is 31.2. The van der Waals surface area contributed by atoms with Gasteiger partial charge in [0, 0.05) is 0 Å². The van der Waals surface area contributed by atoms with Crippen LogP contribution in [-0.2, 0) is 0 Å². The molecule has 0 saturated carbocycles. The van der Waals surface area contributed by atoms with E-state index in [9.17, 15) is 0 Å². The van der Waals surface area contributed by atoms with Crippen LogP contribution in [0, 0.1) is 41.5 Å². The highest BCUT2D eigenvalue weighted by Crippen LogP contribution is 2.42. The molecule has 0 aliphatic heterocycles. The number of rotatable bonds is 12. The Hall–Kier alpha value is -4.20. The van der Waals surface area contributed by atoms with Crippen LogP contribution in [-0.4, -0.2) is 28.6 Å². The molecule has 0 heterocycles. The lowest BCUT2D eigenvalue weighted by atomic mass is 10.1. The van der Waals surface area contributed by atoms with Crippen molar-refractivity contribution in [1.29, 1.82) is 0 Å². The van der Waals surface area contributed by atoms with Gasteiger partial charge in [-0.1, -0.05) is 125 Å². The van der Waals surface area contributed by atoms with Crippen molar-refractivity contribution >= 4 is 68.3 Å². The molecule has 49 heavy (non-hydrogen) atoms. The molecule has 0 radical (unpaired) electrons. The molecule has 0 aliphatic carbocycles. The van der Waals surface area contributed by atoms with E-state index in [2.05, 4.69) is 169 Å². The minimum Gasteiger partial charge on any atom is -0.409 e. The third kappa shape index (κ3) is 8.52. The van der Waals surface area contributed by atoms with Gasteiger partial charge in [-0.15, -0.1) is 0 Å². The zero-order valence-electron chi connectivity index (χ0n) is 29.4. The normalized spacial score (nSPS) is 12.4. The van der Waals surface area contributed by atoms with E-state index in [-0.39, 0.29) is 0 Å². The largest absolute Gasteiger partial charge is 0.530 e. The monoisotopic (exact) mass is 712 g/mol. The first-order valence-corrected chi connectivity index (χ1v) is 22.3. The van der Waals surface area contributed by atoms with E-state index in [0.29, 0.717) is 0 Å². The molecule has 0 bridgehead atoms. The van der Waals surface area contributed by atoms with Crippen molar-refractivity contribution in [2.75, 3.05) is 0 Å². The average molecular weight is 713 g/mol. The predicted molar refractivity (Wildman–Crippen MR) is 219 cm³/mol. The second-order valence-corrected chi connectivity index (χ2v) is 19.6. The van der Waals surface area contributed by atoms with Crippen LogP contribution in [0.2, 0.25) is 0 Å². The zero-order chi connectivity index (χ0) is 34.3. The van der Waals surface area contributed by atoms with E-state index in [0.717, 1.165) is 17.2 Å². The SMILES string of the molecule is Cc1ccc(OP(Oc2ccc(C)c(C)c2[SiH2]c2ccccc2)Oc2ccc(C)c(C)c2[SiH2]c2ccccc2)c([SiH2]c2ccccc2)c1C. The van der Waals surface area contributed by atoms with Crippen molar-refractivity contribution in [2.24, 2.45) is 0 Å². The van der Waals surface area contributed by atoms with E-state index in [1.54, 1.807) is 0 Å². The standard InChI is InChI=1S/C42H45O3PSi3/c1-28-22-25-37(40(31(28)4)47-34-16-10-7-11-17-34)43-46(44-38-26-23-29(2)32(5)41(38)48-35-18-12-8-13-19-35)45-39-27-24-30(3)33(6)42(39)49-36-20-14-9-15-21-36/h7-27H,47-49H2,1-6H3. The van der Waals surface area contributed by atoms with Gasteiger partial charge in [-0.3, -0.25) is 0 Å². The summed E-state index contributed by atoms with van der Waals surface area (Å²) in [5.41, 5.74) is 7.67. The van der Waals surface area contributed by atoms with Gasteiger partial charge in [0.2, 0.25) is 0 Å². The fourth-order valence-corrected chi connectivity index (χ4v) is 13.1. The maximum absolute atomic E-state index is 7.00. The highest BCUT2D eigenvalue weighted by molar-refractivity contribution is 7.43. The van der Waals surface area contributed by atoms with Gasteiger partial charge in [-0.2, -0.15) is 0 Å². The minimum absolute atomic E-state index is 0.827. The molecule has 6 rings (SSSR count). The number of benzene rings is 6. The lowest BCUT2D eigenvalue weighted by Gasteiger charge is -2.24. The fraction of sp³-hybridized carbons (Fsp3) is 0.143. The topological polar surface area (TPSA) is 27.7 Å². The zero-order valence-corrected chi connectivity index (χ0v) is 34.6. The van der Waals surface area contributed by atoms with Gasteiger partial charge in [-0.05, 0) is 109 Å². The van der Waals surface area contributed by atoms with Crippen molar-refractivity contribution in [3.63, 3.8) is 0 Å². The Morgan fingerprint density at radius 3 is 0.878 bits per heavy atom. The Balaban J connectivity index is 1.43. The Morgan fingerprint density at radius 2 is 0.612 bits per heavy atom. The predicted octanol–water partition coefficient (Wildman–Crippen LogP) is 4.66. The van der Waals surface area contributed by atoms with Crippen LogP contribution < -0.4 is 44.7 Å². The maximum Gasteiger partial charge on any atom is 0.530 e. The molecule has 0 unspecified atom stereocenters. The summed E-state index contributed by atoms with van der Waals surface area (Å²) in [6.45, 7) is 13.2. The van der Waals surface area contributed by atoms with Crippen molar-refractivity contribution < 1.29 is 13.6 Å². The van der Waals surface area contributed by atoms with E-state index in [1.165, 1.54) is 64.5 Å². The summed E-state index contributed by atoms with van der Waals surface area (Å²) in [4.78, 5) is 0. The quantitative estimate of drug-likeness (QED) is 0.137. The number of hydrogen-bond donors (Lipinski definition) is 0.